The van der Waals surface area contributed by atoms with E-state index in [1.165, 1.54) is 42.2 Å². The summed E-state index contributed by atoms with van der Waals surface area (Å²) < 4.78 is 32.9. The van der Waals surface area contributed by atoms with Gasteiger partial charge in [0.25, 0.3) is 10.0 Å². The third-order valence-electron chi connectivity index (χ3n) is 2.86. The lowest BCUT2D eigenvalue weighted by molar-refractivity contribution is 0.528. The van der Waals surface area contributed by atoms with Crippen molar-refractivity contribution >= 4 is 27.1 Å². The Bertz CT molecular complexity index is 960. The summed E-state index contributed by atoms with van der Waals surface area (Å²) in [4.78, 5) is 19.0. The molecule has 108 valence electrons. The maximum absolute atomic E-state index is 12.3. The quantitative estimate of drug-likeness (QED) is 0.764. The number of anilines is 1. The van der Waals surface area contributed by atoms with Crippen LogP contribution in [-0.4, -0.2) is 23.0 Å². The minimum absolute atomic E-state index is 0.0150. The first-order valence-electron chi connectivity index (χ1n) is 5.87. The second kappa shape index (κ2) is 4.70. The van der Waals surface area contributed by atoms with E-state index in [9.17, 15) is 13.2 Å². The van der Waals surface area contributed by atoms with Crippen molar-refractivity contribution in [3.05, 3.63) is 47.2 Å². The first-order valence-corrected chi connectivity index (χ1v) is 7.35. The molecule has 3 rings (SSSR count). The number of aromatic nitrogens is 3. The molecule has 0 aliphatic rings. The normalized spacial score (nSPS) is 11.7. The Morgan fingerprint density at radius 2 is 1.95 bits per heavy atom. The SMILES string of the molecule is Cn1c(=O)oc2ccc(S(=O)(=O)Nc3ncccn3)cc21. The fourth-order valence-corrected chi connectivity index (χ4v) is 2.78. The summed E-state index contributed by atoms with van der Waals surface area (Å²) in [5.41, 5.74) is 0.703. The van der Waals surface area contributed by atoms with Crippen LogP contribution in [0.25, 0.3) is 11.1 Å². The van der Waals surface area contributed by atoms with Crippen LogP contribution < -0.4 is 10.5 Å². The van der Waals surface area contributed by atoms with Crippen molar-refractivity contribution in [3.8, 4) is 0 Å². The van der Waals surface area contributed by atoms with E-state index >= 15 is 0 Å². The van der Waals surface area contributed by atoms with Gasteiger partial charge in [0.1, 0.15) is 0 Å². The zero-order valence-electron chi connectivity index (χ0n) is 10.8. The van der Waals surface area contributed by atoms with Crippen LogP contribution in [0.1, 0.15) is 0 Å². The molecule has 1 N–H and O–H groups in total. The Morgan fingerprint density at radius 3 is 2.67 bits per heavy atom. The van der Waals surface area contributed by atoms with Crippen LogP contribution in [0.5, 0.6) is 0 Å². The number of nitrogens with zero attached hydrogens (tertiary/aromatic N) is 3. The van der Waals surface area contributed by atoms with Crippen LogP contribution in [-0.2, 0) is 17.1 Å². The Hall–Kier alpha value is -2.68. The molecule has 21 heavy (non-hydrogen) atoms. The number of oxazole rings is 1. The van der Waals surface area contributed by atoms with Gasteiger partial charge < -0.3 is 4.42 Å². The maximum atomic E-state index is 12.3. The van der Waals surface area contributed by atoms with Crippen LogP contribution in [0.15, 0.2) is 50.8 Å². The van der Waals surface area contributed by atoms with Crippen LogP contribution >= 0.6 is 0 Å². The second-order valence-corrected chi connectivity index (χ2v) is 5.92. The molecule has 0 fully saturated rings. The summed E-state index contributed by atoms with van der Waals surface area (Å²) in [7, 11) is -2.35. The lowest BCUT2D eigenvalue weighted by atomic mass is 10.3. The summed E-state index contributed by atoms with van der Waals surface area (Å²) in [6.07, 6.45) is 2.85. The van der Waals surface area contributed by atoms with Crippen molar-refractivity contribution in [2.24, 2.45) is 7.05 Å². The lowest BCUT2D eigenvalue weighted by Gasteiger charge is -2.06. The molecule has 8 nitrogen and oxygen atoms in total. The number of nitrogens with one attached hydrogen (secondary N) is 1. The van der Waals surface area contributed by atoms with E-state index in [-0.39, 0.29) is 10.8 Å². The molecule has 2 heterocycles. The maximum Gasteiger partial charge on any atom is 0.419 e. The molecular formula is C12H10N4O4S. The van der Waals surface area contributed by atoms with Crippen molar-refractivity contribution in [3.63, 3.8) is 0 Å². The van der Waals surface area contributed by atoms with E-state index in [4.69, 9.17) is 4.42 Å². The van der Waals surface area contributed by atoms with Crippen molar-refractivity contribution in [2.75, 3.05) is 4.72 Å². The average molecular weight is 306 g/mol. The molecule has 2 aromatic heterocycles. The average Bonchev–Trinajstić information content (AvgIpc) is 2.74. The van der Waals surface area contributed by atoms with Gasteiger partial charge in [-0.2, -0.15) is 0 Å². The van der Waals surface area contributed by atoms with Crippen molar-refractivity contribution in [1.29, 1.82) is 0 Å². The van der Waals surface area contributed by atoms with Gasteiger partial charge >= 0.3 is 5.76 Å². The number of aryl methyl sites for hydroxylation is 1. The summed E-state index contributed by atoms with van der Waals surface area (Å²) in [5.74, 6) is -0.586. The molecule has 0 aliphatic heterocycles. The Kier molecular flexibility index (Phi) is 2.98. The van der Waals surface area contributed by atoms with Gasteiger partial charge in [0.15, 0.2) is 5.58 Å². The van der Waals surface area contributed by atoms with E-state index in [0.29, 0.717) is 11.1 Å². The predicted octanol–water partition coefficient (Wildman–Crippen LogP) is 0.722. The molecule has 0 atom stereocenters. The van der Waals surface area contributed by atoms with Gasteiger partial charge in [-0.25, -0.2) is 27.9 Å². The molecule has 0 saturated heterocycles. The number of benzene rings is 1. The number of rotatable bonds is 3. The molecule has 0 aliphatic carbocycles. The number of fused-ring (bicyclic) bond motifs is 1. The van der Waals surface area contributed by atoms with Crippen LogP contribution in [0.4, 0.5) is 5.95 Å². The molecule has 0 bridgehead atoms. The van der Waals surface area contributed by atoms with E-state index < -0.39 is 15.8 Å². The largest absolute Gasteiger partial charge is 0.419 e. The fraction of sp³-hybridized carbons (Fsp3) is 0.0833. The summed E-state index contributed by atoms with van der Waals surface area (Å²) >= 11 is 0. The monoisotopic (exact) mass is 306 g/mol. The third-order valence-corrected chi connectivity index (χ3v) is 4.19. The highest BCUT2D eigenvalue weighted by Crippen LogP contribution is 2.19. The Labute approximate surface area is 119 Å². The number of sulfonamides is 1. The second-order valence-electron chi connectivity index (χ2n) is 4.23. The lowest BCUT2D eigenvalue weighted by Crippen LogP contribution is -2.15. The number of hydrogen-bond acceptors (Lipinski definition) is 6. The molecular weight excluding hydrogens is 296 g/mol. The molecule has 0 saturated carbocycles. The minimum Gasteiger partial charge on any atom is -0.408 e. The van der Waals surface area contributed by atoms with Gasteiger partial charge in [-0.15, -0.1) is 0 Å². The van der Waals surface area contributed by atoms with E-state index in [1.807, 2.05) is 0 Å². The standard InChI is InChI=1S/C12H10N4O4S/c1-16-9-7-8(3-4-10(9)20-12(16)17)21(18,19)15-11-13-5-2-6-14-11/h2-7H,1H3,(H,13,14,15). The zero-order chi connectivity index (χ0) is 15.0. The first kappa shape index (κ1) is 13.3. The van der Waals surface area contributed by atoms with E-state index in [0.717, 1.165) is 0 Å². The highest BCUT2D eigenvalue weighted by atomic mass is 32.2. The highest BCUT2D eigenvalue weighted by Gasteiger charge is 2.17. The number of hydrogen-bond donors (Lipinski definition) is 1. The van der Waals surface area contributed by atoms with Crippen LogP contribution in [0.2, 0.25) is 0 Å². The molecule has 9 heteroatoms. The molecule has 0 amide bonds. The van der Waals surface area contributed by atoms with Gasteiger partial charge in [-0.3, -0.25) is 4.57 Å². The molecule has 0 unspecified atom stereocenters. The van der Waals surface area contributed by atoms with E-state index in [1.54, 1.807) is 6.07 Å². The zero-order valence-corrected chi connectivity index (χ0v) is 11.7. The Morgan fingerprint density at radius 1 is 1.24 bits per heavy atom. The summed E-state index contributed by atoms with van der Waals surface area (Å²) in [5, 5.41) is 0. The van der Waals surface area contributed by atoms with Gasteiger partial charge in [-0.1, -0.05) is 0 Å². The van der Waals surface area contributed by atoms with E-state index in [2.05, 4.69) is 14.7 Å². The summed E-state index contributed by atoms with van der Waals surface area (Å²) in [6.45, 7) is 0. The highest BCUT2D eigenvalue weighted by molar-refractivity contribution is 7.92. The molecule has 0 spiro atoms. The van der Waals surface area contributed by atoms with Crippen molar-refractivity contribution in [1.82, 2.24) is 14.5 Å². The fourth-order valence-electron chi connectivity index (χ4n) is 1.80. The Balaban J connectivity index is 2.06. The van der Waals surface area contributed by atoms with Crippen molar-refractivity contribution < 1.29 is 12.8 Å². The minimum atomic E-state index is -3.84. The van der Waals surface area contributed by atoms with Crippen molar-refractivity contribution in [2.45, 2.75) is 4.90 Å². The molecule has 0 radical (unpaired) electrons. The smallest absolute Gasteiger partial charge is 0.408 e. The van der Waals surface area contributed by atoms with Gasteiger partial charge in [0.05, 0.1) is 10.4 Å². The van der Waals surface area contributed by atoms with Crippen LogP contribution in [0.3, 0.4) is 0 Å². The first-order chi connectivity index (χ1) is 9.97. The van der Waals surface area contributed by atoms with Crippen LogP contribution in [0, 0.1) is 0 Å². The third kappa shape index (κ3) is 2.38. The van der Waals surface area contributed by atoms with Gasteiger partial charge in [-0.05, 0) is 24.3 Å². The molecule has 1 aromatic carbocycles. The predicted molar refractivity (Wildman–Crippen MR) is 74.3 cm³/mol. The molecule has 3 aromatic rings. The van der Waals surface area contributed by atoms with Gasteiger partial charge in [0, 0.05) is 19.4 Å². The summed E-state index contributed by atoms with van der Waals surface area (Å²) in [6, 6.07) is 5.70. The van der Waals surface area contributed by atoms with Gasteiger partial charge in [0.2, 0.25) is 5.95 Å². The topological polar surface area (TPSA) is 107 Å².